The molecule has 5 nitrogen and oxygen atoms in total. The van der Waals surface area contributed by atoms with E-state index in [0.29, 0.717) is 23.0 Å². The lowest BCUT2D eigenvalue weighted by atomic mass is 9.95. The molecule has 0 spiro atoms. The number of esters is 1. The van der Waals surface area contributed by atoms with Crippen molar-refractivity contribution in [2.45, 2.75) is 44.1 Å². The van der Waals surface area contributed by atoms with E-state index in [9.17, 15) is 9.90 Å². The van der Waals surface area contributed by atoms with Crippen molar-refractivity contribution in [3.8, 4) is 0 Å². The molecule has 1 aliphatic carbocycles. The van der Waals surface area contributed by atoms with E-state index in [1.54, 1.807) is 0 Å². The number of aliphatic hydroxyl groups is 1. The minimum Gasteiger partial charge on any atom is -0.465 e. The van der Waals surface area contributed by atoms with E-state index in [-0.39, 0.29) is 5.97 Å². The van der Waals surface area contributed by atoms with Gasteiger partial charge in [-0.3, -0.25) is 0 Å². The Morgan fingerprint density at radius 1 is 1.52 bits per heavy atom. The fraction of sp³-hybridized carbons (Fsp3) is 0.667. The Morgan fingerprint density at radius 3 is 2.81 bits per heavy atom. The summed E-state index contributed by atoms with van der Waals surface area (Å²) in [6.07, 6.45) is 4.01. The lowest BCUT2D eigenvalue weighted by Gasteiger charge is -2.38. The molecule has 0 bridgehead atoms. The van der Waals surface area contributed by atoms with Crippen molar-refractivity contribution in [2.24, 2.45) is 0 Å². The smallest absolute Gasteiger partial charge is 0.350 e. The van der Waals surface area contributed by atoms with E-state index in [2.05, 4.69) is 4.90 Å². The van der Waals surface area contributed by atoms with Crippen LogP contribution in [0, 0.1) is 0 Å². The van der Waals surface area contributed by atoms with Gasteiger partial charge in [-0.2, -0.15) is 0 Å². The van der Waals surface area contributed by atoms with Gasteiger partial charge in [0.1, 0.15) is 4.88 Å². The van der Waals surface area contributed by atoms with Crippen molar-refractivity contribution in [1.82, 2.24) is 0 Å². The van der Waals surface area contributed by atoms with Crippen LogP contribution in [-0.4, -0.2) is 36.9 Å². The highest BCUT2D eigenvalue weighted by Crippen LogP contribution is 2.52. The van der Waals surface area contributed by atoms with E-state index < -0.39 is 5.60 Å². The van der Waals surface area contributed by atoms with Gasteiger partial charge in [0, 0.05) is 18.7 Å². The van der Waals surface area contributed by atoms with Gasteiger partial charge in [0.2, 0.25) is 0 Å². The predicted octanol–water partition coefficient (Wildman–Crippen LogP) is 2.35. The summed E-state index contributed by atoms with van der Waals surface area (Å²) in [7, 11) is 1.38. The molecule has 3 N–H and O–H groups in total. The van der Waals surface area contributed by atoms with Gasteiger partial charge in [0.15, 0.2) is 0 Å². The van der Waals surface area contributed by atoms with Crippen molar-refractivity contribution in [1.29, 1.82) is 0 Å². The number of thiophene rings is 1. The Labute approximate surface area is 128 Å². The van der Waals surface area contributed by atoms with Crippen LogP contribution in [0.4, 0.5) is 10.7 Å². The highest BCUT2D eigenvalue weighted by Gasteiger charge is 2.37. The number of nitrogens with two attached hydrogens (primary N) is 1. The highest BCUT2D eigenvalue weighted by atomic mass is 32.1. The van der Waals surface area contributed by atoms with Crippen molar-refractivity contribution >= 4 is 28.0 Å². The molecule has 21 heavy (non-hydrogen) atoms. The Bertz CT molecular complexity index is 564. The van der Waals surface area contributed by atoms with Crippen LogP contribution < -0.4 is 10.6 Å². The quantitative estimate of drug-likeness (QED) is 0.838. The highest BCUT2D eigenvalue weighted by molar-refractivity contribution is 7.18. The van der Waals surface area contributed by atoms with Crippen molar-refractivity contribution in [3.05, 3.63) is 10.4 Å². The largest absolute Gasteiger partial charge is 0.465 e. The Balaban J connectivity index is 1.99. The third-order valence-corrected chi connectivity index (χ3v) is 5.54. The molecule has 1 aromatic rings. The zero-order valence-electron chi connectivity index (χ0n) is 12.5. The van der Waals surface area contributed by atoms with Crippen molar-refractivity contribution < 1.29 is 14.6 Å². The summed E-state index contributed by atoms with van der Waals surface area (Å²) in [5, 5.41) is 11.4. The predicted molar refractivity (Wildman–Crippen MR) is 84.1 cm³/mol. The fourth-order valence-corrected chi connectivity index (χ4v) is 4.33. The summed E-state index contributed by atoms with van der Waals surface area (Å²) in [4.78, 5) is 14.6. The summed E-state index contributed by atoms with van der Waals surface area (Å²) in [6, 6.07) is 0. The third kappa shape index (κ3) is 2.74. The second-order valence-electron chi connectivity index (χ2n) is 6.35. The van der Waals surface area contributed by atoms with Crippen LogP contribution in [0.3, 0.4) is 0 Å². The minimum atomic E-state index is -0.677. The third-order valence-electron chi connectivity index (χ3n) is 4.28. The summed E-state index contributed by atoms with van der Waals surface area (Å²) >= 11 is 1.41. The summed E-state index contributed by atoms with van der Waals surface area (Å²) < 4.78 is 4.84. The molecule has 1 aliphatic heterocycles. The molecule has 1 unspecified atom stereocenters. The summed E-state index contributed by atoms with van der Waals surface area (Å²) in [6.45, 7) is 3.36. The molecule has 0 amide bonds. The van der Waals surface area contributed by atoms with E-state index in [4.69, 9.17) is 10.5 Å². The molecular weight excluding hydrogens is 288 g/mol. The molecule has 3 rings (SSSR count). The first-order chi connectivity index (χ1) is 9.93. The molecule has 0 radical (unpaired) electrons. The minimum absolute atomic E-state index is 0.366. The summed E-state index contributed by atoms with van der Waals surface area (Å²) in [5.74, 6) is 0.0935. The number of rotatable bonds is 3. The Morgan fingerprint density at radius 2 is 2.24 bits per heavy atom. The molecule has 2 heterocycles. The van der Waals surface area contributed by atoms with E-state index >= 15 is 0 Å². The lowest BCUT2D eigenvalue weighted by molar-refractivity contribution is 0.0450. The SMILES string of the molecule is COC(=O)c1sc(N2CCCC(C)(O)C2)c(C2CC2)c1N. The molecule has 116 valence electrons. The average Bonchev–Trinajstić information content (AvgIpc) is 3.20. The first-order valence-electron chi connectivity index (χ1n) is 7.41. The average molecular weight is 310 g/mol. The van der Waals surface area contributed by atoms with E-state index in [1.165, 1.54) is 18.4 Å². The number of hydrogen-bond acceptors (Lipinski definition) is 6. The normalized spacial score (nSPS) is 26.0. The first kappa shape index (κ1) is 14.7. The van der Waals surface area contributed by atoms with Crippen LogP contribution in [0.25, 0.3) is 0 Å². The topological polar surface area (TPSA) is 75.8 Å². The van der Waals surface area contributed by atoms with Gasteiger partial charge >= 0.3 is 5.97 Å². The van der Waals surface area contributed by atoms with Gasteiger partial charge in [-0.25, -0.2) is 4.79 Å². The number of carbonyl (C=O) groups is 1. The number of carbonyl (C=O) groups excluding carboxylic acids is 1. The molecule has 1 saturated heterocycles. The molecule has 2 fully saturated rings. The summed E-state index contributed by atoms with van der Waals surface area (Å²) in [5.41, 5.74) is 7.21. The number of ether oxygens (including phenoxy) is 1. The molecule has 0 aromatic carbocycles. The van der Waals surface area contributed by atoms with Gasteiger partial charge in [-0.15, -0.1) is 11.3 Å². The first-order valence-corrected chi connectivity index (χ1v) is 8.22. The number of anilines is 2. The lowest BCUT2D eigenvalue weighted by Crippen LogP contribution is -2.46. The number of piperidine rings is 1. The van der Waals surface area contributed by atoms with Crippen molar-refractivity contribution in [2.75, 3.05) is 30.8 Å². The molecular formula is C15H22N2O3S. The van der Waals surface area contributed by atoms with Crippen LogP contribution in [0.1, 0.15) is 53.8 Å². The molecule has 1 aromatic heterocycles. The van der Waals surface area contributed by atoms with E-state index in [1.807, 2.05) is 6.92 Å². The maximum Gasteiger partial charge on any atom is 0.350 e. The number of methoxy groups -OCH3 is 1. The Kier molecular flexibility index (Phi) is 3.61. The maximum absolute atomic E-state index is 11.9. The Hall–Kier alpha value is -1.27. The zero-order valence-corrected chi connectivity index (χ0v) is 13.3. The number of hydrogen-bond donors (Lipinski definition) is 2. The van der Waals surface area contributed by atoms with Crippen LogP contribution in [0.5, 0.6) is 0 Å². The second-order valence-corrected chi connectivity index (χ2v) is 7.35. The maximum atomic E-state index is 11.9. The second kappa shape index (κ2) is 5.18. The molecule has 1 atom stereocenters. The van der Waals surface area contributed by atoms with Gasteiger partial charge in [-0.05, 0) is 38.5 Å². The number of nitrogen functional groups attached to an aromatic ring is 1. The van der Waals surface area contributed by atoms with Crippen molar-refractivity contribution in [3.63, 3.8) is 0 Å². The van der Waals surface area contributed by atoms with Crippen LogP contribution >= 0.6 is 11.3 Å². The van der Waals surface area contributed by atoms with Gasteiger partial charge in [0.05, 0.1) is 23.4 Å². The fourth-order valence-electron chi connectivity index (χ4n) is 3.08. The molecule has 2 aliphatic rings. The van der Waals surface area contributed by atoms with Gasteiger partial charge in [0.25, 0.3) is 0 Å². The van der Waals surface area contributed by atoms with Crippen LogP contribution in [0.2, 0.25) is 0 Å². The monoisotopic (exact) mass is 310 g/mol. The van der Waals surface area contributed by atoms with Gasteiger partial charge < -0.3 is 20.5 Å². The number of nitrogens with zero attached hydrogens (tertiary/aromatic N) is 1. The van der Waals surface area contributed by atoms with Crippen LogP contribution in [-0.2, 0) is 4.74 Å². The standard InChI is InChI=1S/C15H22N2O3S/c1-15(19)6-3-7-17(8-15)13-10(9-4-5-9)11(16)12(21-13)14(18)20-2/h9,19H,3-8,16H2,1-2H3. The molecule has 6 heteroatoms. The zero-order chi connectivity index (χ0) is 15.2. The van der Waals surface area contributed by atoms with Gasteiger partial charge in [-0.1, -0.05) is 0 Å². The number of β-amino-alcohol motifs (C(OH)–C–C–N with tert-alkyl or cyclic N) is 1. The van der Waals surface area contributed by atoms with Crippen LogP contribution in [0.15, 0.2) is 0 Å². The van der Waals surface area contributed by atoms with E-state index in [0.717, 1.165) is 42.8 Å². The molecule has 1 saturated carbocycles.